The van der Waals surface area contributed by atoms with E-state index in [9.17, 15) is 14.4 Å². The molecule has 1 N–H and O–H groups in total. The van der Waals surface area contributed by atoms with Gasteiger partial charge in [-0.25, -0.2) is 4.79 Å². The zero-order chi connectivity index (χ0) is 18.3. The van der Waals surface area contributed by atoms with Gasteiger partial charge in [-0.2, -0.15) is 0 Å². The van der Waals surface area contributed by atoms with Gasteiger partial charge in [-0.3, -0.25) is 9.59 Å². The van der Waals surface area contributed by atoms with Gasteiger partial charge in [-0.1, -0.05) is 30.3 Å². The second kappa shape index (κ2) is 6.61. The molecule has 2 heterocycles. The molecule has 2 saturated heterocycles. The zero-order valence-electron chi connectivity index (χ0n) is 14.6. The average molecular weight is 374 g/mol. The topological polar surface area (TPSA) is 75.7 Å². The molecule has 0 aromatic heterocycles. The van der Waals surface area contributed by atoms with Gasteiger partial charge in [0.2, 0.25) is 5.91 Å². The van der Waals surface area contributed by atoms with Crippen LogP contribution in [0.25, 0.3) is 0 Å². The second-order valence-electron chi connectivity index (χ2n) is 7.10. The molecule has 3 aliphatic rings. The fourth-order valence-electron chi connectivity index (χ4n) is 3.67. The summed E-state index contributed by atoms with van der Waals surface area (Å²) in [4.78, 5) is 38.5. The van der Waals surface area contributed by atoms with Crippen LogP contribution in [0.4, 0.5) is 0 Å². The van der Waals surface area contributed by atoms with Crippen molar-refractivity contribution < 1.29 is 19.1 Å². The number of benzene rings is 1. The summed E-state index contributed by atoms with van der Waals surface area (Å²) < 4.78 is 5.40. The van der Waals surface area contributed by atoms with E-state index in [0.29, 0.717) is 18.6 Å². The summed E-state index contributed by atoms with van der Waals surface area (Å²) in [5.41, 5.74) is 1.03. The van der Waals surface area contributed by atoms with Crippen LogP contribution in [0.2, 0.25) is 0 Å². The van der Waals surface area contributed by atoms with Crippen molar-refractivity contribution in [2.24, 2.45) is 0 Å². The van der Waals surface area contributed by atoms with Gasteiger partial charge in [-0.15, -0.1) is 11.8 Å². The van der Waals surface area contributed by atoms with E-state index in [-0.39, 0.29) is 17.9 Å². The lowest BCUT2D eigenvalue weighted by Gasteiger charge is -2.33. The molecule has 3 atom stereocenters. The van der Waals surface area contributed by atoms with Crippen molar-refractivity contribution in [3.8, 4) is 0 Å². The number of amides is 2. The van der Waals surface area contributed by atoms with E-state index in [1.165, 1.54) is 0 Å². The predicted octanol–water partition coefficient (Wildman–Crippen LogP) is 1.79. The Labute approximate surface area is 156 Å². The van der Waals surface area contributed by atoms with Gasteiger partial charge in [0.1, 0.15) is 10.9 Å². The number of rotatable bonds is 5. The molecule has 0 radical (unpaired) electrons. The van der Waals surface area contributed by atoms with Crippen molar-refractivity contribution in [3.63, 3.8) is 0 Å². The van der Waals surface area contributed by atoms with Crippen LogP contribution in [0, 0.1) is 0 Å². The molecule has 2 amide bonds. The Morgan fingerprint density at radius 1 is 1.31 bits per heavy atom. The molecular weight excluding hydrogens is 352 g/mol. The van der Waals surface area contributed by atoms with E-state index in [1.807, 2.05) is 30.3 Å². The van der Waals surface area contributed by atoms with Gasteiger partial charge in [0.25, 0.3) is 5.91 Å². The number of esters is 1. The lowest BCUT2D eigenvalue weighted by Crippen LogP contribution is -2.48. The number of fused-ring (bicyclic) bond motifs is 1. The molecule has 1 saturated carbocycles. The molecular formula is C19H22N2O4S. The van der Waals surface area contributed by atoms with Crippen LogP contribution >= 0.6 is 11.8 Å². The Morgan fingerprint density at radius 2 is 2.04 bits per heavy atom. The highest BCUT2D eigenvalue weighted by Crippen LogP contribution is 2.54. The van der Waals surface area contributed by atoms with Gasteiger partial charge in [0, 0.05) is 18.2 Å². The number of ether oxygens (including phenoxy) is 1. The molecule has 7 heteroatoms. The number of thioether (sulfide) groups is 1. The van der Waals surface area contributed by atoms with Gasteiger partial charge in [0.05, 0.1) is 0 Å². The molecule has 138 valence electrons. The molecule has 4 rings (SSSR count). The number of carbonyl (C=O) groups is 3. The Morgan fingerprint density at radius 3 is 2.73 bits per heavy atom. The van der Waals surface area contributed by atoms with E-state index in [4.69, 9.17) is 4.74 Å². The van der Waals surface area contributed by atoms with Crippen molar-refractivity contribution >= 4 is 29.5 Å². The van der Waals surface area contributed by atoms with E-state index < -0.39 is 23.0 Å². The lowest BCUT2D eigenvalue weighted by atomic mass is 10.0. The zero-order valence-corrected chi connectivity index (χ0v) is 15.5. The fourth-order valence-corrected chi connectivity index (χ4v) is 5.30. The van der Waals surface area contributed by atoms with Crippen LogP contribution in [0.5, 0.6) is 0 Å². The highest BCUT2D eigenvalue weighted by molar-refractivity contribution is 8.00. The first-order valence-electron chi connectivity index (χ1n) is 9.04. The van der Waals surface area contributed by atoms with Crippen LogP contribution in [0.1, 0.15) is 38.2 Å². The Balaban J connectivity index is 1.49. The first-order chi connectivity index (χ1) is 12.5. The maximum Gasteiger partial charge on any atom is 0.330 e. The quantitative estimate of drug-likeness (QED) is 0.796. The Kier molecular flexibility index (Phi) is 4.42. The minimum Gasteiger partial charge on any atom is -0.451 e. The van der Waals surface area contributed by atoms with Crippen molar-refractivity contribution in [2.75, 3.05) is 5.75 Å². The number of hydrogen-bond donors (Lipinski definition) is 1. The molecule has 3 fully saturated rings. The standard InChI is InChI=1S/C19H22N2O4S/c1-12(17(23)20-14-7-8-14)25-18(24)15-11-26-19(10-9-16(22)21(15)19)13-5-3-2-4-6-13/h2-6,12,14-15H,7-11H2,1H3,(H,20,23)/t12-,15-,19-/m1/s1. The summed E-state index contributed by atoms with van der Waals surface area (Å²) in [6.45, 7) is 1.58. The smallest absolute Gasteiger partial charge is 0.330 e. The number of nitrogens with one attached hydrogen (secondary N) is 1. The van der Waals surface area contributed by atoms with Crippen LogP contribution in [-0.4, -0.2) is 46.6 Å². The Bertz CT molecular complexity index is 736. The van der Waals surface area contributed by atoms with Crippen molar-refractivity contribution in [3.05, 3.63) is 35.9 Å². The number of carbonyl (C=O) groups excluding carboxylic acids is 3. The second-order valence-corrected chi connectivity index (χ2v) is 8.40. The van der Waals surface area contributed by atoms with Crippen LogP contribution in [0.3, 0.4) is 0 Å². The molecule has 1 aromatic carbocycles. The maximum atomic E-state index is 12.7. The van der Waals surface area contributed by atoms with Crippen molar-refractivity contribution in [2.45, 2.75) is 55.7 Å². The maximum absolute atomic E-state index is 12.7. The molecule has 6 nitrogen and oxygen atoms in total. The third kappa shape index (κ3) is 2.98. The third-order valence-electron chi connectivity index (χ3n) is 5.21. The average Bonchev–Trinajstić information content (AvgIpc) is 3.27. The van der Waals surface area contributed by atoms with Crippen molar-refractivity contribution in [1.82, 2.24) is 10.2 Å². The molecule has 0 unspecified atom stereocenters. The molecule has 0 bridgehead atoms. The summed E-state index contributed by atoms with van der Waals surface area (Å²) in [6.07, 6.45) is 2.21. The molecule has 0 spiro atoms. The van der Waals surface area contributed by atoms with Gasteiger partial charge in [0.15, 0.2) is 6.10 Å². The van der Waals surface area contributed by atoms with Gasteiger partial charge < -0.3 is 15.0 Å². The normalized spacial score (nSPS) is 28.6. The number of hydrogen-bond acceptors (Lipinski definition) is 5. The molecule has 2 aliphatic heterocycles. The lowest BCUT2D eigenvalue weighted by molar-refractivity contribution is -0.161. The van der Waals surface area contributed by atoms with E-state index in [0.717, 1.165) is 18.4 Å². The Hall–Kier alpha value is -2.02. The van der Waals surface area contributed by atoms with E-state index in [2.05, 4.69) is 5.32 Å². The van der Waals surface area contributed by atoms with Crippen molar-refractivity contribution in [1.29, 1.82) is 0 Å². The SMILES string of the molecule is C[C@@H](OC(=O)[C@H]1CS[C@@]2(c3ccccc3)CCC(=O)N12)C(=O)NC1CC1. The summed E-state index contributed by atoms with van der Waals surface area (Å²) in [5.74, 6) is -0.315. The largest absolute Gasteiger partial charge is 0.451 e. The summed E-state index contributed by atoms with van der Waals surface area (Å²) >= 11 is 1.61. The number of nitrogens with zero attached hydrogens (tertiary/aromatic N) is 1. The molecule has 26 heavy (non-hydrogen) atoms. The molecule has 1 aliphatic carbocycles. The minimum atomic E-state index is -0.850. The summed E-state index contributed by atoms with van der Waals surface area (Å²) in [5, 5.41) is 2.84. The van der Waals surface area contributed by atoms with Crippen LogP contribution in [0.15, 0.2) is 30.3 Å². The summed E-state index contributed by atoms with van der Waals surface area (Å²) in [6, 6.07) is 9.40. The van der Waals surface area contributed by atoms with Gasteiger partial charge >= 0.3 is 5.97 Å². The fraction of sp³-hybridized carbons (Fsp3) is 0.526. The first-order valence-corrected chi connectivity index (χ1v) is 10.0. The summed E-state index contributed by atoms with van der Waals surface area (Å²) in [7, 11) is 0. The predicted molar refractivity (Wildman–Crippen MR) is 97.2 cm³/mol. The van der Waals surface area contributed by atoms with Crippen LogP contribution < -0.4 is 5.32 Å². The third-order valence-corrected chi connectivity index (χ3v) is 6.81. The van der Waals surface area contributed by atoms with E-state index in [1.54, 1.807) is 23.6 Å². The van der Waals surface area contributed by atoms with Gasteiger partial charge in [-0.05, 0) is 31.7 Å². The highest BCUT2D eigenvalue weighted by Gasteiger charge is 2.57. The minimum absolute atomic E-state index is 0.0316. The highest BCUT2D eigenvalue weighted by atomic mass is 32.2. The first kappa shape index (κ1) is 17.4. The van der Waals surface area contributed by atoms with Crippen LogP contribution in [-0.2, 0) is 24.0 Å². The van der Waals surface area contributed by atoms with E-state index >= 15 is 0 Å². The monoisotopic (exact) mass is 374 g/mol. The molecule has 1 aromatic rings.